The Kier molecular flexibility index (Phi) is 6.13. The van der Waals surface area contributed by atoms with Crippen LogP contribution < -0.4 is 4.74 Å². The van der Waals surface area contributed by atoms with Gasteiger partial charge >= 0.3 is 0 Å². The van der Waals surface area contributed by atoms with Crippen molar-refractivity contribution in [2.75, 3.05) is 13.2 Å². The second kappa shape index (κ2) is 8.98. The predicted octanol–water partition coefficient (Wildman–Crippen LogP) is 5.55. The number of amides is 2. The van der Waals surface area contributed by atoms with Crippen LogP contribution in [0.4, 0.5) is 9.18 Å². The second-order valence-electron chi connectivity index (χ2n) is 7.78. The van der Waals surface area contributed by atoms with Crippen molar-refractivity contribution in [3.8, 4) is 5.75 Å². The van der Waals surface area contributed by atoms with Crippen molar-refractivity contribution in [2.45, 2.75) is 20.4 Å². The maximum Gasteiger partial charge on any atom is 0.293 e. The second-order valence-corrected chi connectivity index (χ2v) is 8.78. The summed E-state index contributed by atoms with van der Waals surface area (Å²) >= 11 is 0.941. The third-order valence-electron chi connectivity index (χ3n) is 4.94. The summed E-state index contributed by atoms with van der Waals surface area (Å²) in [4.78, 5) is 26.8. The summed E-state index contributed by atoms with van der Waals surface area (Å²) in [5.74, 6) is 0.301. The number of thioether (sulfide) groups is 1. The number of imide groups is 1. The van der Waals surface area contributed by atoms with Crippen molar-refractivity contribution < 1.29 is 18.7 Å². The van der Waals surface area contributed by atoms with Gasteiger partial charge in [0.2, 0.25) is 0 Å². The molecule has 4 rings (SSSR count). The zero-order chi connectivity index (χ0) is 22.0. The third-order valence-corrected chi connectivity index (χ3v) is 5.85. The average molecular weight is 439 g/mol. The molecule has 0 aliphatic carbocycles. The van der Waals surface area contributed by atoms with Crippen molar-refractivity contribution in [1.29, 1.82) is 0 Å². The first-order valence-corrected chi connectivity index (χ1v) is 11.0. The van der Waals surface area contributed by atoms with Gasteiger partial charge in [0, 0.05) is 29.2 Å². The van der Waals surface area contributed by atoms with E-state index in [1.807, 2.05) is 24.4 Å². The van der Waals surface area contributed by atoms with Gasteiger partial charge in [0.05, 0.1) is 11.4 Å². The molecule has 1 aromatic heterocycles. The Hall–Kier alpha value is -3.06. The Morgan fingerprint density at radius 1 is 1.10 bits per heavy atom. The molecule has 2 aromatic carbocycles. The molecule has 0 unspecified atom stereocenters. The maximum atomic E-state index is 13.0. The molecule has 5 nitrogen and oxygen atoms in total. The summed E-state index contributed by atoms with van der Waals surface area (Å²) in [5.41, 5.74) is 2.03. The van der Waals surface area contributed by atoms with Crippen LogP contribution in [-0.4, -0.2) is 33.8 Å². The molecule has 0 spiro atoms. The van der Waals surface area contributed by atoms with E-state index in [0.29, 0.717) is 16.6 Å². The number of hydrogen-bond acceptors (Lipinski definition) is 4. The molecular formula is C24H23FN2O3S. The molecule has 0 atom stereocenters. The number of carbonyl (C=O) groups is 2. The van der Waals surface area contributed by atoms with Crippen molar-refractivity contribution in [3.63, 3.8) is 0 Å². The lowest BCUT2D eigenvalue weighted by molar-refractivity contribution is -0.123. The molecule has 0 bridgehead atoms. The predicted molar refractivity (Wildman–Crippen MR) is 121 cm³/mol. The lowest BCUT2D eigenvalue weighted by Gasteiger charge is -2.13. The van der Waals surface area contributed by atoms with E-state index in [2.05, 4.69) is 24.5 Å². The zero-order valence-electron chi connectivity index (χ0n) is 17.4. The molecule has 0 saturated carbocycles. The first-order valence-electron chi connectivity index (χ1n) is 10.1. The topological polar surface area (TPSA) is 51.5 Å². The smallest absolute Gasteiger partial charge is 0.293 e. The number of hydrogen-bond donors (Lipinski definition) is 0. The molecule has 0 N–H and O–H groups in total. The Morgan fingerprint density at radius 2 is 1.84 bits per heavy atom. The molecular weight excluding hydrogens is 415 g/mol. The lowest BCUT2D eigenvalue weighted by Crippen LogP contribution is -2.32. The third kappa shape index (κ3) is 4.66. The molecule has 31 heavy (non-hydrogen) atoms. The molecule has 7 heteroatoms. The highest BCUT2D eigenvalue weighted by Gasteiger charge is 2.35. The Labute approximate surface area is 184 Å². The maximum absolute atomic E-state index is 13.0. The quantitative estimate of drug-likeness (QED) is 0.454. The van der Waals surface area contributed by atoms with Crippen LogP contribution in [0.2, 0.25) is 0 Å². The molecule has 160 valence electrons. The Morgan fingerprint density at radius 3 is 2.58 bits per heavy atom. The van der Waals surface area contributed by atoms with Gasteiger partial charge in [-0.25, -0.2) is 4.39 Å². The molecule has 1 fully saturated rings. The van der Waals surface area contributed by atoms with Gasteiger partial charge in [-0.3, -0.25) is 14.5 Å². The van der Waals surface area contributed by atoms with Gasteiger partial charge < -0.3 is 9.30 Å². The van der Waals surface area contributed by atoms with Crippen LogP contribution in [0.3, 0.4) is 0 Å². The highest BCUT2D eigenvalue weighted by atomic mass is 32.2. The average Bonchev–Trinajstić information content (AvgIpc) is 3.21. The summed E-state index contributed by atoms with van der Waals surface area (Å²) in [6, 6.07) is 13.7. The summed E-state index contributed by atoms with van der Waals surface area (Å²) in [5, 5.41) is 0.736. The molecule has 2 amide bonds. The summed E-state index contributed by atoms with van der Waals surface area (Å²) in [6.07, 6.45) is 3.83. The van der Waals surface area contributed by atoms with Crippen LogP contribution in [0.25, 0.3) is 17.0 Å². The van der Waals surface area contributed by atoms with Crippen LogP contribution in [0.5, 0.6) is 5.75 Å². The highest BCUT2D eigenvalue weighted by molar-refractivity contribution is 8.18. The molecule has 1 aliphatic rings. The van der Waals surface area contributed by atoms with E-state index >= 15 is 0 Å². The van der Waals surface area contributed by atoms with Crippen molar-refractivity contribution in [1.82, 2.24) is 9.47 Å². The summed E-state index contributed by atoms with van der Waals surface area (Å²) in [6.45, 7) is 5.47. The first kappa shape index (κ1) is 21.2. The van der Waals surface area contributed by atoms with Crippen LogP contribution in [0.15, 0.2) is 59.6 Å². The molecule has 0 radical (unpaired) electrons. The number of benzene rings is 2. The van der Waals surface area contributed by atoms with E-state index < -0.39 is 0 Å². The minimum atomic E-state index is -0.349. The van der Waals surface area contributed by atoms with E-state index in [4.69, 9.17) is 4.74 Å². The van der Waals surface area contributed by atoms with Crippen LogP contribution in [0, 0.1) is 11.7 Å². The number of ether oxygens (including phenoxy) is 1. The lowest BCUT2D eigenvalue weighted by atomic mass is 10.1. The van der Waals surface area contributed by atoms with Gasteiger partial charge in [-0.15, -0.1) is 0 Å². The number of aromatic nitrogens is 1. The number of carbonyl (C=O) groups excluding carboxylic acids is 2. The fraction of sp³-hybridized carbons (Fsp3) is 0.250. The Bertz CT molecular complexity index is 1150. The number of nitrogens with zero attached hydrogens (tertiary/aromatic N) is 2. The fourth-order valence-corrected chi connectivity index (χ4v) is 4.41. The zero-order valence-corrected chi connectivity index (χ0v) is 18.2. The molecule has 2 heterocycles. The van der Waals surface area contributed by atoms with Crippen LogP contribution in [-0.2, 0) is 11.3 Å². The first-order chi connectivity index (χ1) is 14.9. The van der Waals surface area contributed by atoms with E-state index in [9.17, 15) is 14.0 Å². The number of halogens is 1. The molecule has 1 aliphatic heterocycles. The number of fused-ring (bicyclic) bond motifs is 1. The number of para-hydroxylation sites is 1. The van der Waals surface area contributed by atoms with E-state index in [1.54, 1.807) is 6.08 Å². The monoisotopic (exact) mass is 438 g/mol. The van der Waals surface area contributed by atoms with Crippen LogP contribution >= 0.6 is 11.8 Å². The standard InChI is InChI=1S/C24H23FN2O3S/c1-16(2)14-26-15-17(20-5-3-4-6-21(20)26)13-22-23(28)27(24(29)31-22)11-12-30-19-9-7-18(25)8-10-19/h3-10,13,15-16H,11-12,14H2,1-2H3/b22-13-. The normalized spacial score (nSPS) is 15.6. The minimum Gasteiger partial charge on any atom is -0.492 e. The molecule has 3 aromatic rings. The van der Waals surface area contributed by atoms with Gasteiger partial charge in [0.15, 0.2) is 0 Å². The van der Waals surface area contributed by atoms with Gasteiger partial charge in [-0.1, -0.05) is 32.0 Å². The van der Waals surface area contributed by atoms with E-state index in [1.165, 1.54) is 29.2 Å². The van der Waals surface area contributed by atoms with Crippen LogP contribution in [0.1, 0.15) is 19.4 Å². The summed E-state index contributed by atoms with van der Waals surface area (Å²) < 4.78 is 20.7. The largest absolute Gasteiger partial charge is 0.492 e. The van der Waals surface area contributed by atoms with Gasteiger partial charge in [0.25, 0.3) is 11.1 Å². The summed E-state index contributed by atoms with van der Waals surface area (Å²) in [7, 11) is 0. The Balaban J connectivity index is 1.50. The molecule has 1 saturated heterocycles. The number of rotatable bonds is 7. The van der Waals surface area contributed by atoms with Crippen molar-refractivity contribution >= 4 is 39.9 Å². The van der Waals surface area contributed by atoms with Gasteiger partial charge in [0.1, 0.15) is 18.2 Å². The minimum absolute atomic E-state index is 0.133. The van der Waals surface area contributed by atoms with Gasteiger partial charge in [-0.05, 0) is 54.1 Å². The van der Waals surface area contributed by atoms with E-state index in [-0.39, 0.29) is 30.1 Å². The van der Waals surface area contributed by atoms with Crippen molar-refractivity contribution in [3.05, 3.63) is 71.0 Å². The van der Waals surface area contributed by atoms with E-state index in [0.717, 1.165) is 34.8 Å². The SMILES string of the molecule is CC(C)Cn1cc(/C=C2\SC(=O)N(CCOc3ccc(F)cc3)C2=O)c2ccccc21. The fourth-order valence-electron chi connectivity index (χ4n) is 3.55. The van der Waals surface area contributed by atoms with Crippen molar-refractivity contribution in [2.24, 2.45) is 5.92 Å². The van der Waals surface area contributed by atoms with Gasteiger partial charge in [-0.2, -0.15) is 0 Å². The highest BCUT2D eigenvalue weighted by Crippen LogP contribution is 2.34.